The number of pyridine rings is 1. The van der Waals surface area contributed by atoms with Gasteiger partial charge in [-0.25, -0.2) is 0 Å². The Morgan fingerprint density at radius 1 is 1.00 bits per heavy atom. The van der Waals surface area contributed by atoms with Gasteiger partial charge in [0, 0.05) is 28.3 Å². The molecule has 3 nitrogen and oxygen atoms in total. The summed E-state index contributed by atoms with van der Waals surface area (Å²) >= 11 is 1.73. The maximum atomic E-state index is 12.6. The maximum Gasteiger partial charge on any atom is 0.256 e. The third-order valence-electron chi connectivity index (χ3n) is 4.68. The van der Waals surface area contributed by atoms with Crippen LogP contribution in [0.1, 0.15) is 44.8 Å². The average molecular weight is 348 g/mol. The Morgan fingerprint density at radius 3 is 2.52 bits per heavy atom. The first-order valence-electron chi connectivity index (χ1n) is 8.68. The number of amides is 1. The number of thiophene rings is 1. The van der Waals surface area contributed by atoms with Crippen molar-refractivity contribution in [1.29, 1.82) is 0 Å². The molecule has 0 spiro atoms. The number of carbonyl (C=O) groups excluding carboxylic acids is 1. The molecule has 0 bridgehead atoms. The van der Waals surface area contributed by atoms with E-state index in [1.165, 1.54) is 34.4 Å². The summed E-state index contributed by atoms with van der Waals surface area (Å²) < 4.78 is 0. The van der Waals surface area contributed by atoms with E-state index < -0.39 is 0 Å². The zero-order valence-electron chi connectivity index (χ0n) is 14.0. The van der Waals surface area contributed by atoms with E-state index in [0.29, 0.717) is 0 Å². The van der Waals surface area contributed by atoms with Crippen molar-refractivity contribution in [3.8, 4) is 0 Å². The van der Waals surface area contributed by atoms with E-state index in [2.05, 4.69) is 22.4 Å². The number of benzene rings is 1. The molecular formula is C21H20N2OS. The molecule has 4 rings (SSSR count). The standard InChI is InChI=1S/C21H20N2OS/c24-21(19-14-25-20-4-2-1-3-18(19)20)23-17-7-5-15(6-8-17)13-16-9-11-22-12-10-16/h5-12,14H,1-4,13H2,(H,23,24). The first kappa shape index (κ1) is 16.0. The summed E-state index contributed by atoms with van der Waals surface area (Å²) in [6.45, 7) is 0. The monoisotopic (exact) mass is 348 g/mol. The van der Waals surface area contributed by atoms with Crippen LogP contribution in [0.5, 0.6) is 0 Å². The van der Waals surface area contributed by atoms with Gasteiger partial charge in [0.05, 0.1) is 5.56 Å². The second-order valence-corrected chi connectivity index (χ2v) is 7.41. The van der Waals surface area contributed by atoms with Crippen molar-refractivity contribution in [3.05, 3.63) is 81.3 Å². The van der Waals surface area contributed by atoms with Gasteiger partial charge >= 0.3 is 0 Å². The van der Waals surface area contributed by atoms with E-state index in [9.17, 15) is 4.79 Å². The largest absolute Gasteiger partial charge is 0.322 e. The molecule has 0 atom stereocenters. The average Bonchev–Trinajstić information content (AvgIpc) is 3.08. The third kappa shape index (κ3) is 3.64. The van der Waals surface area contributed by atoms with E-state index in [1.54, 1.807) is 11.3 Å². The fraction of sp³-hybridized carbons (Fsp3) is 0.238. The summed E-state index contributed by atoms with van der Waals surface area (Å²) in [5, 5.41) is 5.06. The van der Waals surface area contributed by atoms with Crippen LogP contribution in [0.15, 0.2) is 54.2 Å². The van der Waals surface area contributed by atoms with Crippen LogP contribution in [0.25, 0.3) is 0 Å². The highest BCUT2D eigenvalue weighted by Crippen LogP contribution is 2.30. The number of fused-ring (bicyclic) bond motifs is 1. The van der Waals surface area contributed by atoms with Crippen LogP contribution < -0.4 is 5.32 Å². The summed E-state index contributed by atoms with van der Waals surface area (Å²) in [4.78, 5) is 18.0. The zero-order chi connectivity index (χ0) is 17.1. The fourth-order valence-corrected chi connectivity index (χ4v) is 4.45. The van der Waals surface area contributed by atoms with Crippen LogP contribution in [0.2, 0.25) is 0 Å². The Bertz CT molecular complexity index is 869. The highest BCUT2D eigenvalue weighted by molar-refractivity contribution is 7.10. The van der Waals surface area contributed by atoms with Gasteiger partial charge in [-0.2, -0.15) is 0 Å². The van der Waals surface area contributed by atoms with Crippen LogP contribution in [-0.4, -0.2) is 10.9 Å². The molecule has 0 unspecified atom stereocenters. The Labute approximate surface area is 151 Å². The lowest BCUT2D eigenvalue weighted by molar-refractivity contribution is 0.102. The molecule has 0 saturated heterocycles. The number of anilines is 1. The van der Waals surface area contributed by atoms with E-state index in [4.69, 9.17) is 0 Å². The number of carbonyl (C=O) groups is 1. The van der Waals surface area contributed by atoms with Crippen LogP contribution in [0, 0.1) is 0 Å². The Balaban J connectivity index is 1.44. The molecule has 0 saturated carbocycles. The minimum atomic E-state index is 0.0151. The molecule has 0 fully saturated rings. The molecule has 1 amide bonds. The summed E-state index contributed by atoms with van der Waals surface area (Å²) in [6.07, 6.45) is 9.08. The minimum absolute atomic E-state index is 0.0151. The Hall–Kier alpha value is -2.46. The second-order valence-electron chi connectivity index (χ2n) is 6.44. The van der Waals surface area contributed by atoms with Crippen LogP contribution in [0.4, 0.5) is 5.69 Å². The number of nitrogens with zero attached hydrogens (tertiary/aromatic N) is 1. The summed E-state index contributed by atoms with van der Waals surface area (Å²) in [5.74, 6) is 0.0151. The van der Waals surface area contributed by atoms with Crippen LogP contribution in [-0.2, 0) is 19.3 Å². The molecule has 0 aliphatic heterocycles. The van der Waals surface area contributed by atoms with Gasteiger partial charge < -0.3 is 5.32 Å². The van der Waals surface area contributed by atoms with Gasteiger partial charge in [0.15, 0.2) is 0 Å². The van der Waals surface area contributed by atoms with E-state index >= 15 is 0 Å². The molecular weight excluding hydrogens is 328 g/mol. The molecule has 0 radical (unpaired) electrons. The first-order valence-corrected chi connectivity index (χ1v) is 9.56. The zero-order valence-corrected chi connectivity index (χ0v) is 14.8. The quantitative estimate of drug-likeness (QED) is 0.731. The van der Waals surface area contributed by atoms with Gasteiger partial charge in [0.25, 0.3) is 5.91 Å². The number of hydrogen-bond acceptors (Lipinski definition) is 3. The first-order chi connectivity index (χ1) is 12.3. The predicted molar refractivity (Wildman–Crippen MR) is 102 cm³/mol. The normalized spacial score (nSPS) is 13.3. The minimum Gasteiger partial charge on any atom is -0.322 e. The SMILES string of the molecule is O=C(Nc1ccc(Cc2ccncc2)cc1)c1csc2c1CCCC2. The molecule has 1 aromatic carbocycles. The lowest BCUT2D eigenvalue weighted by atomic mass is 9.95. The van der Waals surface area contributed by atoms with Crippen LogP contribution >= 0.6 is 11.3 Å². The Morgan fingerprint density at radius 2 is 1.72 bits per heavy atom. The van der Waals surface area contributed by atoms with Crippen molar-refractivity contribution in [2.24, 2.45) is 0 Å². The van der Waals surface area contributed by atoms with Gasteiger partial charge in [-0.3, -0.25) is 9.78 Å². The molecule has 1 N–H and O–H groups in total. The molecule has 126 valence electrons. The van der Waals surface area contributed by atoms with E-state index in [-0.39, 0.29) is 5.91 Å². The molecule has 2 aromatic heterocycles. The van der Waals surface area contributed by atoms with Gasteiger partial charge in [-0.15, -0.1) is 11.3 Å². The molecule has 2 heterocycles. The summed E-state index contributed by atoms with van der Waals surface area (Å²) in [7, 11) is 0. The fourth-order valence-electron chi connectivity index (χ4n) is 3.33. The molecule has 1 aliphatic carbocycles. The van der Waals surface area contributed by atoms with E-state index in [1.807, 2.05) is 42.0 Å². The van der Waals surface area contributed by atoms with Crippen molar-refractivity contribution in [3.63, 3.8) is 0 Å². The van der Waals surface area contributed by atoms with Crippen LogP contribution in [0.3, 0.4) is 0 Å². The van der Waals surface area contributed by atoms with Gasteiger partial charge in [-0.1, -0.05) is 12.1 Å². The van der Waals surface area contributed by atoms with E-state index in [0.717, 1.165) is 30.5 Å². The third-order valence-corrected chi connectivity index (χ3v) is 5.76. The van der Waals surface area contributed by atoms with Crippen molar-refractivity contribution in [2.45, 2.75) is 32.1 Å². The molecule has 3 aromatic rings. The van der Waals surface area contributed by atoms with Crippen molar-refractivity contribution < 1.29 is 4.79 Å². The van der Waals surface area contributed by atoms with Gasteiger partial charge in [-0.05, 0) is 73.1 Å². The topological polar surface area (TPSA) is 42.0 Å². The van der Waals surface area contributed by atoms with Crippen molar-refractivity contribution in [2.75, 3.05) is 5.32 Å². The maximum absolute atomic E-state index is 12.6. The lowest BCUT2D eigenvalue weighted by Crippen LogP contribution is -2.14. The highest BCUT2D eigenvalue weighted by atomic mass is 32.1. The lowest BCUT2D eigenvalue weighted by Gasteiger charge is -2.13. The number of hydrogen-bond donors (Lipinski definition) is 1. The predicted octanol–water partition coefficient (Wildman–Crippen LogP) is 4.87. The van der Waals surface area contributed by atoms with Gasteiger partial charge in [0.1, 0.15) is 0 Å². The molecule has 25 heavy (non-hydrogen) atoms. The second kappa shape index (κ2) is 7.19. The number of rotatable bonds is 4. The highest BCUT2D eigenvalue weighted by Gasteiger charge is 2.20. The molecule has 4 heteroatoms. The van der Waals surface area contributed by atoms with Crippen molar-refractivity contribution >= 4 is 22.9 Å². The summed E-state index contributed by atoms with van der Waals surface area (Å²) in [5.41, 5.74) is 5.43. The Kier molecular flexibility index (Phi) is 4.61. The molecule has 1 aliphatic rings. The van der Waals surface area contributed by atoms with Crippen molar-refractivity contribution in [1.82, 2.24) is 4.98 Å². The number of aryl methyl sites for hydroxylation is 1. The smallest absolute Gasteiger partial charge is 0.256 e. The summed E-state index contributed by atoms with van der Waals surface area (Å²) in [6, 6.07) is 12.1. The number of nitrogens with one attached hydrogen (secondary N) is 1. The number of aromatic nitrogens is 1. The van der Waals surface area contributed by atoms with Gasteiger partial charge in [0.2, 0.25) is 0 Å².